The van der Waals surface area contributed by atoms with Crippen molar-refractivity contribution in [3.8, 4) is 0 Å². The predicted molar refractivity (Wildman–Crippen MR) is 111 cm³/mol. The van der Waals surface area contributed by atoms with Crippen LogP contribution in [0.25, 0.3) is 5.65 Å². The zero-order valence-corrected chi connectivity index (χ0v) is 17.0. The average Bonchev–Trinajstić information content (AvgIpc) is 3.05. The number of ketones is 1. The monoisotopic (exact) mass is 394 g/mol. The normalized spacial score (nSPS) is 15.0. The third-order valence-electron chi connectivity index (χ3n) is 5.50. The van der Waals surface area contributed by atoms with Gasteiger partial charge in [-0.1, -0.05) is 38.1 Å². The molecule has 2 aromatic heterocycles. The number of rotatable bonds is 6. The van der Waals surface area contributed by atoms with E-state index in [2.05, 4.69) is 10.1 Å². The number of carbonyl (C=O) groups is 1. The minimum atomic E-state index is -0.343. The minimum absolute atomic E-state index is 0.0129. The minimum Gasteiger partial charge on any atom is -0.395 e. The zero-order valence-electron chi connectivity index (χ0n) is 17.0. The highest BCUT2D eigenvalue weighted by Crippen LogP contribution is 2.25. The molecule has 1 aliphatic heterocycles. The molecular formula is C22H26N4O3. The SMILES string of the molecule is Cc1cc2nc(CC(=O)c3ccc(C(C)(C)CO)cc3)cc(N3CC(O)C3)n2n1. The number of hydrogen-bond donors (Lipinski definition) is 2. The Labute approximate surface area is 169 Å². The topological polar surface area (TPSA) is 91.0 Å². The van der Waals surface area contributed by atoms with Gasteiger partial charge in [-0.15, -0.1) is 0 Å². The Balaban J connectivity index is 1.59. The summed E-state index contributed by atoms with van der Waals surface area (Å²) >= 11 is 0. The quantitative estimate of drug-likeness (QED) is 0.621. The number of β-amino-alcohol motifs (C(OH)–C–C–N with tert-alkyl or cyclic N) is 1. The Morgan fingerprint density at radius 3 is 2.52 bits per heavy atom. The van der Waals surface area contributed by atoms with Crippen molar-refractivity contribution in [2.75, 3.05) is 24.6 Å². The highest BCUT2D eigenvalue weighted by Gasteiger charge is 2.27. The van der Waals surface area contributed by atoms with E-state index in [9.17, 15) is 15.0 Å². The number of aliphatic hydroxyl groups excluding tert-OH is 2. The van der Waals surface area contributed by atoms with Crippen molar-refractivity contribution in [2.45, 2.75) is 38.7 Å². The van der Waals surface area contributed by atoms with Crippen LogP contribution in [0, 0.1) is 6.92 Å². The van der Waals surface area contributed by atoms with Gasteiger partial charge in [0.05, 0.1) is 30.5 Å². The van der Waals surface area contributed by atoms with Crippen LogP contribution in [0.1, 0.15) is 41.2 Å². The molecule has 3 heterocycles. The van der Waals surface area contributed by atoms with Crippen molar-refractivity contribution in [3.63, 3.8) is 0 Å². The first-order valence-corrected chi connectivity index (χ1v) is 9.81. The molecule has 7 heteroatoms. The molecule has 7 nitrogen and oxygen atoms in total. The molecule has 152 valence electrons. The second kappa shape index (κ2) is 7.24. The van der Waals surface area contributed by atoms with Crippen LogP contribution in [0.5, 0.6) is 0 Å². The first kappa shape index (κ1) is 19.5. The smallest absolute Gasteiger partial charge is 0.168 e. The number of aliphatic hydroxyl groups is 2. The molecule has 2 N–H and O–H groups in total. The highest BCUT2D eigenvalue weighted by molar-refractivity contribution is 5.97. The molecule has 3 aromatic rings. The van der Waals surface area contributed by atoms with E-state index in [0.717, 1.165) is 17.1 Å². The van der Waals surface area contributed by atoms with E-state index in [4.69, 9.17) is 0 Å². The lowest BCUT2D eigenvalue weighted by Gasteiger charge is -2.37. The van der Waals surface area contributed by atoms with Gasteiger partial charge in [0.15, 0.2) is 11.4 Å². The Hall–Kier alpha value is -2.77. The van der Waals surface area contributed by atoms with Crippen LogP contribution in [0.3, 0.4) is 0 Å². The van der Waals surface area contributed by atoms with Gasteiger partial charge in [0.25, 0.3) is 0 Å². The molecule has 0 bridgehead atoms. The van der Waals surface area contributed by atoms with E-state index >= 15 is 0 Å². The molecule has 0 radical (unpaired) electrons. The van der Waals surface area contributed by atoms with Crippen molar-refractivity contribution >= 4 is 17.2 Å². The summed E-state index contributed by atoms with van der Waals surface area (Å²) in [6, 6.07) is 11.2. The number of fused-ring (bicyclic) bond motifs is 1. The molecule has 0 saturated carbocycles. The third kappa shape index (κ3) is 3.75. The summed E-state index contributed by atoms with van der Waals surface area (Å²) in [5.41, 5.74) is 3.50. The predicted octanol–water partition coefficient (Wildman–Crippen LogP) is 1.91. The lowest BCUT2D eigenvalue weighted by Crippen LogP contribution is -2.51. The molecule has 0 unspecified atom stereocenters. The second-order valence-electron chi connectivity index (χ2n) is 8.44. The number of benzene rings is 1. The number of Topliss-reactive ketones (excluding diaryl/α,β-unsaturated/α-hetero) is 1. The first-order valence-electron chi connectivity index (χ1n) is 9.81. The van der Waals surface area contributed by atoms with Gasteiger partial charge in [0, 0.05) is 36.2 Å². The molecule has 0 spiro atoms. The molecule has 4 rings (SSSR count). The fourth-order valence-corrected chi connectivity index (χ4v) is 3.55. The maximum atomic E-state index is 12.8. The van der Waals surface area contributed by atoms with Crippen molar-refractivity contribution in [3.05, 3.63) is 58.9 Å². The van der Waals surface area contributed by atoms with Crippen LogP contribution in [0.2, 0.25) is 0 Å². The lowest BCUT2D eigenvalue weighted by atomic mass is 9.85. The molecule has 0 atom stereocenters. The van der Waals surface area contributed by atoms with Crippen molar-refractivity contribution < 1.29 is 15.0 Å². The average molecular weight is 394 g/mol. The fraction of sp³-hybridized carbons (Fsp3) is 0.409. The summed E-state index contributed by atoms with van der Waals surface area (Å²) in [5, 5.41) is 23.7. The molecule has 1 fully saturated rings. The van der Waals surface area contributed by atoms with Crippen LogP contribution in [0.15, 0.2) is 36.4 Å². The van der Waals surface area contributed by atoms with Gasteiger partial charge in [0.2, 0.25) is 0 Å². The van der Waals surface area contributed by atoms with E-state index < -0.39 is 0 Å². The van der Waals surface area contributed by atoms with E-state index in [0.29, 0.717) is 30.0 Å². The van der Waals surface area contributed by atoms with E-state index in [1.807, 2.05) is 62.1 Å². The summed E-state index contributed by atoms with van der Waals surface area (Å²) in [6.45, 7) is 6.98. The molecule has 1 aliphatic rings. The van der Waals surface area contributed by atoms with Crippen LogP contribution < -0.4 is 4.90 Å². The maximum Gasteiger partial charge on any atom is 0.168 e. The van der Waals surface area contributed by atoms with Crippen LogP contribution in [-0.2, 0) is 11.8 Å². The van der Waals surface area contributed by atoms with Crippen LogP contribution in [0.4, 0.5) is 5.82 Å². The third-order valence-corrected chi connectivity index (χ3v) is 5.50. The number of carbonyl (C=O) groups excluding carboxylic acids is 1. The van der Waals surface area contributed by atoms with Crippen LogP contribution in [-0.4, -0.2) is 56.4 Å². The standard InChI is InChI=1S/C22H26N4O3/c1-14-8-20-23-17(10-21(26(20)24-14)25-11-18(28)12-25)9-19(29)15-4-6-16(7-5-15)22(2,3)13-27/h4-8,10,18,27-28H,9,11-13H2,1-3H3. The van der Waals surface area contributed by atoms with E-state index in [1.165, 1.54) is 0 Å². The van der Waals surface area contributed by atoms with Crippen molar-refractivity contribution in [1.29, 1.82) is 0 Å². The summed E-state index contributed by atoms with van der Waals surface area (Å²) in [5.74, 6) is 0.831. The molecule has 0 amide bonds. The van der Waals surface area contributed by atoms with Crippen molar-refractivity contribution in [2.24, 2.45) is 0 Å². The Bertz CT molecular complexity index is 1050. The molecular weight excluding hydrogens is 368 g/mol. The molecule has 1 aromatic carbocycles. The van der Waals surface area contributed by atoms with Crippen LogP contribution >= 0.6 is 0 Å². The Kier molecular flexibility index (Phi) is 4.88. The van der Waals surface area contributed by atoms with Gasteiger partial charge in [-0.05, 0) is 12.5 Å². The van der Waals surface area contributed by atoms with Gasteiger partial charge >= 0.3 is 0 Å². The number of aryl methyl sites for hydroxylation is 1. The molecule has 1 saturated heterocycles. The summed E-state index contributed by atoms with van der Waals surface area (Å²) < 4.78 is 1.76. The summed E-state index contributed by atoms with van der Waals surface area (Å²) in [6.07, 6.45) is -0.144. The largest absolute Gasteiger partial charge is 0.395 e. The maximum absolute atomic E-state index is 12.8. The summed E-state index contributed by atoms with van der Waals surface area (Å²) in [4.78, 5) is 19.5. The number of hydrogen-bond acceptors (Lipinski definition) is 6. The summed E-state index contributed by atoms with van der Waals surface area (Å²) in [7, 11) is 0. The van der Waals surface area contributed by atoms with Gasteiger partial charge < -0.3 is 15.1 Å². The molecule has 0 aliphatic carbocycles. The zero-order chi connectivity index (χ0) is 20.8. The van der Waals surface area contributed by atoms with Crippen molar-refractivity contribution in [1.82, 2.24) is 14.6 Å². The Morgan fingerprint density at radius 1 is 1.21 bits per heavy atom. The number of nitrogens with zero attached hydrogens (tertiary/aromatic N) is 4. The van der Waals surface area contributed by atoms with Gasteiger partial charge in [-0.3, -0.25) is 4.79 Å². The fourth-order valence-electron chi connectivity index (χ4n) is 3.55. The second-order valence-corrected chi connectivity index (χ2v) is 8.44. The lowest BCUT2D eigenvalue weighted by molar-refractivity contribution is 0.0991. The van der Waals surface area contributed by atoms with Gasteiger partial charge in [-0.25, -0.2) is 4.98 Å². The van der Waals surface area contributed by atoms with Gasteiger partial charge in [-0.2, -0.15) is 9.61 Å². The van der Waals surface area contributed by atoms with Gasteiger partial charge in [0.1, 0.15) is 5.82 Å². The highest BCUT2D eigenvalue weighted by atomic mass is 16.3. The first-order chi connectivity index (χ1) is 13.8. The molecule has 29 heavy (non-hydrogen) atoms. The van der Waals surface area contributed by atoms with E-state index in [1.54, 1.807) is 4.52 Å². The Morgan fingerprint density at radius 2 is 1.90 bits per heavy atom. The van der Waals surface area contributed by atoms with E-state index in [-0.39, 0.29) is 30.3 Å². The number of aromatic nitrogens is 3. The number of anilines is 1.